The Kier molecular flexibility index (Phi) is 4.27. The first-order valence-electron chi connectivity index (χ1n) is 8.65. The van der Waals surface area contributed by atoms with Gasteiger partial charge in [0.25, 0.3) is 0 Å². The molecule has 4 nitrogen and oxygen atoms in total. The van der Waals surface area contributed by atoms with Crippen LogP contribution in [-0.4, -0.2) is 40.9 Å². The molecule has 1 saturated heterocycles. The van der Waals surface area contributed by atoms with Gasteiger partial charge < -0.3 is 14.9 Å². The van der Waals surface area contributed by atoms with E-state index in [-0.39, 0.29) is 12.6 Å². The summed E-state index contributed by atoms with van der Waals surface area (Å²) in [5.74, 6) is 0.768. The molecule has 0 aliphatic carbocycles. The molecule has 2 heterocycles. The molecule has 2 aliphatic heterocycles. The number of likely N-dealkylation sites (tertiary alicyclic amines) is 1. The van der Waals surface area contributed by atoms with E-state index in [1.807, 2.05) is 42.5 Å². The van der Waals surface area contributed by atoms with Crippen LogP contribution >= 0.6 is 0 Å². The van der Waals surface area contributed by atoms with Gasteiger partial charge in [0.05, 0.1) is 12.6 Å². The second-order valence-electron chi connectivity index (χ2n) is 6.68. The molecule has 2 atom stereocenters. The molecule has 0 amide bonds. The minimum atomic E-state index is -0.496. The molecule has 2 aromatic rings. The first-order chi connectivity index (χ1) is 11.8. The van der Waals surface area contributed by atoms with Gasteiger partial charge in [0.1, 0.15) is 18.5 Å². The lowest BCUT2D eigenvalue weighted by atomic mass is 9.94. The highest BCUT2D eigenvalue weighted by molar-refractivity contribution is 5.67. The molecular weight excluding hydrogens is 302 g/mol. The van der Waals surface area contributed by atoms with E-state index in [0.717, 1.165) is 41.1 Å². The largest absolute Gasteiger partial charge is 0.491 e. The van der Waals surface area contributed by atoms with Gasteiger partial charge in [0.15, 0.2) is 0 Å². The van der Waals surface area contributed by atoms with Crippen molar-refractivity contribution in [1.29, 1.82) is 0 Å². The Bertz CT molecular complexity index is 725. The average molecular weight is 325 g/mol. The molecule has 1 fully saturated rings. The predicted molar refractivity (Wildman–Crippen MR) is 92.9 cm³/mol. The zero-order chi connectivity index (χ0) is 16.5. The van der Waals surface area contributed by atoms with Crippen molar-refractivity contribution in [1.82, 2.24) is 4.90 Å². The molecule has 0 aromatic heterocycles. The van der Waals surface area contributed by atoms with E-state index in [2.05, 4.69) is 4.90 Å². The van der Waals surface area contributed by atoms with E-state index in [1.54, 1.807) is 0 Å². The summed E-state index contributed by atoms with van der Waals surface area (Å²) in [6.07, 6.45) is 1.91. The van der Waals surface area contributed by atoms with Crippen molar-refractivity contribution in [3.8, 4) is 16.9 Å². The zero-order valence-electron chi connectivity index (χ0n) is 13.7. The molecule has 0 saturated carbocycles. The number of aliphatic hydroxyl groups is 2. The third-order valence-electron chi connectivity index (χ3n) is 5.16. The van der Waals surface area contributed by atoms with E-state index >= 15 is 0 Å². The van der Waals surface area contributed by atoms with Crippen molar-refractivity contribution in [2.45, 2.75) is 31.6 Å². The van der Waals surface area contributed by atoms with E-state index in [9.17, 15) is 10.2 Å². The molecule has 0 spiro atoms. The van der Waals surface area contributed by atoms with Gasteiger partial charge in [0.2, 0.25) is 0 Å². The van der Waals surface area contributed by atoms with Gasteiger partial charge in [-0.05, 0) is 54.8 Å². The molecular formula is C20H23NO3. The van der Waals surface area contributed by atoms with Crippen LogP contribution in [0.5, 0.6) is 5.75 Å². The molecule has 0 bridgehead atoms. The van der Waals surface area contributed by atoms with Crippen LogP contribution in [0.3, 0.4) is 0 Å². The fourth-order valence-corrected chi connectivity index (χ4v) is 3.78. The Morgan fingerprint density at radius 3 is 2.62 bits per heavy atom. The topological polar surface area (TPSA) is 52.9 Å². The Labute approximate surface area is 142 Å². The molecule has 2 N–H and O–H groups in total. The first-order valence-corrected chi connectivity index (χ1v) is 8.65. The van der Waals surface area contributed by atoms with Gasteiger partial charge in [-0.15, -0.1) is 0 Å². The van der Waals surface area contributed by atoms with Crippen LogP contribution in [0, 0.1) is 0 Å². The molecule has 0 unspecified atom stereocenters. The summed E-state index contributed by atoms with van der Waals surface area (Å²) in [5, 5.41) is 20.1. The number of nitrogens with zero attached hydrogens (tertiary/aromatic N) is 1. The summed E-state index contributed by atoms with van der Waals surface area (Å²) >= 11 is 0. The number of ether oxygens (including phenoxy) is 1. The number of aliphatic hydroxyl groups excluding tert-OH is 2. The number of rotatable bonds is 3. The molecule has 0 radical (unpaired) electrons. The maximum Gasteiger partial charge on any atom is 0.125 e. The van der Waals surface area contributed by atoms with Crippen LogP contribution in [0.2, 0.25) is 0 Å². The third-order valence-corrected chi connectivity index (χ3v) is 5.16. The van der Waals surface area contributed by atoms with Crippen molar-refractivity contribution in [3.63, 3.8) is 0 Å². The van der Waals surface area contributed by atoms with Gasteiger partial charge in [0, 0.05) is 5.56 Å². The highest BCUT2D eigenvalue weighted by Crippen LogP contribution is 2.38. The van der Waals surface area contributed by atoms with Crippen molar-refractivity contribution in [2.24, 2.45) is 0 Å². The molecule has 4 heteroatoms. The van der Waals surface area contributed by atoms with Crippen LogP contribution in [0.15, 0.2) is 42.5 Å². The van der Waals surface area contributed by atoms with E-state index in [1.165, 1.54) is 12.8 Å². The smallest absolute Gasteiger partial charge is 0.125 e. The summed E-state index contributed by atoms with van der Waals surface area (Å²) in [4.78, 5) is 2.34. The Hall–Kier alpha value is -1.88. The van der Waals surface area contributed by atoms with Crippen molar-refractivity contribution < 1.29 is 14.9 Å². The van der Waals surface area contributed by atoms with E-state index in [0.29, 0.717) is 6.61 Å². The number of fused-ring (bicyclic) bond motifs is 1. The standard InChI is InChI=1S/C20H23NO3/c22-12-14-4-3-5-15(10-14)16-6-7-17-19(11-16)24-13-18(20(17)23)21-8-1-2-9-21/h3-7,10-11,18,20,22-23H,1-2,8-9,12-13H2/t18-,20-/m1/s1. The van der Waals surface area contributed by atoms with Gasteiger partial charge in [-0.2, -0.15) is 0 Å². The van der Waals surface area contributed by atoms with Gasteiger partial charge in [-0.3, -0.25) is 4.90 Å². The summed E-state index contributed by atoms with van der Waals surface area (Å²) in [6.45, 7) is 2.67. The molecule has 126 valence electrons. The summed E-state index contributed by atoms with van der Waals surface area (Å²) < 4.78 is 5.99. The predicted octanol–water partition coefficient (Wildman–Crippen LogP) is 2.74. The lowest BCUT2D eigenvalue weighted by molar-refractivity contribution is 0.0140. The second kappa shape index (κ2) is 6.55. The van der Waals surface area contributed by atoms with Crippen molar-refractivity contribution >= 4 is 0 Å². The Balaban J connectivity index is 1.62. The fourth-order valence-electron chi connectivity index (χ4n) is 3.78. The minimum Gasteiger partial charge on any atom is -0.491 e. The van der Waals surface area contributed by atoms with Crippen LogP contribution in [-0.2, 0) is 6.61 Å². The highest BCUT2D eigenvalue weighted by Gasteiger charge is 2.34. The average Bonchev–Trinajstić information content (AvgIpc) is 3.16. The van der Waals surface area contributed by atoms with Crippen molar-refractivity contribution in [3.05, 3.63) is 53.6 Å². The van der Waals surface area contributed by atoms with Crippen LogP contribution in [0.4, 0.5) is 0 Å². The molecule has 24 heavy (non-hydrogen) atoms. The maximum atomic E-state index is 10.8. The lowest BCUT2D eigenvalue weighted by Crippen LogP contribution is -2.44. The van der Waals surface area contributed by atoms with Gasteiger partial charge in [-0.25, -0.2) is 0 Å². The quantitative estimate of drug-likeness (QED) is 0.911. The number of benzene rings is 2. The molecule has 4 rings (SSSR count). The number of hydrogen-bond donors (Lipinski definition) is 2. The first kappa shape index (κ1) is 15.6. The van der Waals surface area contributed by atoms with Crippen LogP contribution in [0.1, 0.15) is 30.1 Å². The highest BCUT2D eigenvalue weighted by atomic mass is 16.5. The Morgan fingerprint density at radius 2 is 1.83 bits per heavy atom. The maximum absolute atomic E-state index is 10.8. The number of hydrogen-bond acceptors (Lipinski definition) is 4. The zero-order valence-corrected chi connectivity index (χ0v) is 13.7. The third kappa shape index (κ3) is 2.81. The monoisotopic (exact) mass is 325 g/mol. The molecule has 2 aliphatic rings. The minimum absolute atomic E-state index is 0.0332. The van der Waals surface area contributed by atoms with E-state index in [4.69, 9.17) is 4.74 Å². The van der Waals surface area contributed by atoms with E-state index < -0.39 is 6.10 Å². The fraction of sp³-hybridized carbons (Fsp3) is 0.400. The van der Waals surface area contributed by atoms with Crippen LogP contribution < -0.4 is 4.74 Å². The Morgan fingerprint density at radius 1 is 1.04 bits per heavy atom. The summed E-state index contributed by atoms with van der Waals surface area (Å²) in [5.41, 5.74) is 3.85. The summed E-state index contributed by atoms with van der Waals surface area (Å²) in [7, 11) is 0. The van der Waals surface area contributed by atoms with Gasteiger partial charge >= 0.3 is 0 Å². The molecule has 2 aromatic carbocycles. The van der Waals surface area contributed by atoms with Crippen molar-refractivity contribution in [2.75, 3.05) is 19.7 Å². The lowest BCUT2D eigenvalue weighted by Gasteiger charge is -2.36. The van der Waals surface area contributed by atoms with Crippen LogP contribution in [0.25, 0.3) is 11.1 Å². The summed E-state index contributed by atoms with van der Waals surface area (Å²) in [6, 6.07) is 13.9. The SMILES string of the molecule is OCc1cccc(-c2ccc3c(c2)OC[C@@H](N2CCCC2)[C@@H]3O)c1. The van der Waals surface area contributed by atoms with Gasteiger partial charge in [-0.1, -0.05) is 30.3 Å². The normalized spacial score (nSPS) is 23.8. The second-order valence-corrected chi connectivity index (χ2v) is 6.68.